The van der Waals surface area contributed by atoms with E-state index in [0.29, 0.717) is 0 Å². The lowest BCUT2D eigenvalue weighted by Gasteiger charge is -2.20. The van der Waals surface area contributed by atoms with Gasteiger partial charge in [0.1, 0.15) is 0 Å². The molecule has 0 saturated heterocycles. The molecule has 1 rings (SSSR count). The zero-order valence-electron chi connectivity index (χ0n) is 8.75. The van der Waals surface area contributed by atoms with Crippen LogP contribution in [-0.2, 0) is 4.79 Å². The standard InChI is InChI=1S/C10H8F3N3O/c1-6(17)16-9(10(11,12)13)8-4-7(5-14)2-3-15-8/h2-4,9H,1H3,(H,16,17). The highest BCUT2D eigenvalue weighted by Gasteiger charge is 2.42. The zero-order chi connectivity index (χ0) is 13.1. The van der Waals surface area contributed by atoms with Crippen LogP contribution in [0.2, 0.25) is 0 Å². The van der Waals surface area contributed by atoms with E-state index in [2.05, 4.69) is 4.98 Å². The molecule has 1 N–H and O–H groups in total. The number of nitrogens with zero attached hydrogens (tertiary/aromatic N) is 2. The highest BCUT2D eigenvalue weighted by atomic mass is 19.4. The van der Waals surface area contributed by atoms with E-state index < -0.39 is 23.8 Å². The summed E-state index contributed by atoms with van der Waals surface area (Å²) in [6, 6.07) is 1.78. The Bertz CT molecular complexity index is 465. The van der Waals surface area contributed by atoms with Gasteiger partial charge in [0, 0.05) is 13.1 Å². The highest BCUT2D eigenvalue weighted by Crippen LogP contribution is 2.31. The number of nitriles is 1. The van der Waals surface area contributed by atoms with Gasteiger partial charge in [-0.2, -0.15) is 18.4 Å². The summed E-state index contributed by atoms with van der Waals surface area (Å²) in [5.74, 6) is -0.823. The van der Waals surface area contributed by atoms with Crippen LogP contribution in [0.4, 0.5) is 13.2 Å². The molecule has 0 aromatic carbocycles. The normalized spacial score (nSPS) is 12.6. The third-order valence-electron chi connectivity index (χ3n) is 1.88. The van der Waals surface area contributed by atoms with Gasteiger partial charge in [-0.3, -0.25) is 9.78 Å². The Hall–Kier alpha value is -2.10. The molecule has 0 aliphatic rings. The largest absolute Gasteiger partial charge is 0.414 e. The number of pyridine rings is 1. The Morgan fingerprint density at radius 1 is 1.59 bits per heavy atom. The highest BCUT2D eigenvalue weighted by molar-refractivity contribution is 5.73. The summed E-state index contributed by atoms with van der Waals surface area (Å²) in [4.78, 5) is 14.2. The molecule has 4 nitrogen and oxygen atoms in total. The monoisotopic (exact) mass is 243 g/mol. The molecule has 0 radical (unpaired) electrons. The second-order valence-electron chi connectivity index (χ2n) is 3.26. The van der Waals surface area contributed by atoms with Crippen LogP contribution in [0.5, 0.6) is 0 Å². The van der Waals surface area contributed by atoms with Gasteiger partial charge < -0.3 is 5.32 Å². The lowest BCUT2D eigenvalue weighted by Crippen LogP contribution is -2.37. The Morgan fingerprint density at radius 3 is 2.71 bits per heavy atom. The van der Waals surface area contributed by atoms with Crippen LogP contribution in [-0.4, -0.2) is 17.1 Å². The molecular formula is C10H8F3N3O. The summed E-state index contributed by atoms with van der Waals surface area (Å²) in [5, 5.41) is 10.3. The molecule has 0 fully saturated rings. The molecule has 7 heteroatoms. The third kappa shape index (κ3) is 3.45. The Morgan fingerprint density at radius 2 is 2.24 bits per heavy atom. The fourth-order valence-corrected chi connectivity index (χ4v) is 1.20. The van der Waals surface area contributed by atoms with Crippen molar-refractivity contribution in [3.63, 3.8) is 0 Å². The predicted molar refractivity (Wildman–Crippen MR) is 51.6 cm³/mol. The summed E-state index contributed by atoms with van der Waals surface area (Å²) in [5.41, 5.74) is -0.360. The van der Waals surface area contributed by atoms with Gasteiger partial charge in [0.25, 0.3) is 0 Å². The fraction of sp³-hybridized carbons (Fsp3) is 0.300. The van der Waals surface area contributed by atoms with Gasteiger partial charge in [0.15, 0.2) is 6.04 Å². The van der Waals surface area contributed by atoms with Crippen LogP contribution in [0.25, 0.3) is 0 Å². The minimum atomic E-state index is -4.66. The number of halogens is 3. The average molecular weight is 243 g/mol. The van der Waals surface area contributed by atoms with Crippen molar-refractivity contribution in [1.29, 1.82) is 5.26 Å². The van der Waals surface area contributed by atoms with Crippen molar-refractivity contribution in [2.24, 2.45) is 0 Å². The summed E-state index contributed by atoms with van der Waals surface area (Å²) in [7, 11) is 0. The lowest BCUT2D eigenvalue weighted by atomic mass is 10.1. The van der Waals surface area contributed by atoms with Crippen molar-refractivity contribution in [1.82, 2.24) is 10.3 Å². The van der Waals surface area contributed by atoms with Gasteiger partial charge >= 0.3 is 6.18 Å². The minimum absolute atomic E-state index is 0.0506. The topological polar surface area (TPSA) is 65.8 Å². The molecular weight excluding hydrogens is 235 g/mol. The predicted octanol–water partition coefficient (Wildman–Crippen LogP) is 1.69. The molecule has 90 valence electrons. The smallest absolute Gasteiger partial charge is 0.340 e. The van der Waals surface area contributed by atoms with Crippen LogP contribution in [0, 0.1) is 11.3 Å². The molecule has 0 aliphatic heterocycles. The number of hydrogen-bond acceptors (Lipinski definition) is 3. The van der Waals surface area contributed by atoms with Gasteiger partial charge in [-0.15, -0.1) is 0 Å². The maximum Gasteiger partial charge on any atom is 0.414 e. The van der Waals surface area contributed by atoms with Crippen LogP contribution in [0.15, 0.2) is 18.3 Å². The van der Waals surface area contributed by atoms with Gasteiger partial charge in [-0.1, -0.05) is 0 Å². The number of hydrogen-bond donors (Lipinski definition) is 1. The van der Waals surface area contributed by atoms with Gasteiger partial charge in [0.2, 0.25) is 5.91 Å². The quantitative estimate of drug-likeness (QED) is 0.859. The van der Waals surface area contributed by atoms with Crippen LogP contribution in [0.3, 0.4) is 0 Å². The minimum Gasteiger partial charge on any atom is -0.340 e. The molecule has 1 atom stereocenters. The van der Waals surface area contributed by atoms with Gasteiger partial charge in [0.05, 0.1) is 17.3 Å². The molecule has 1 heterocycles. The molecule has 17 heavy (non-hydrogen) atoms. The maximum atomic E-state index is 12.7. The van der Waals surface area contributed by atoms with Crippen LogP contribution < -0.4 is 5.32 Å². The van der Waals surface area contributed by atoms with Crippen molar-refractivity contribution >= 4 is 5.91 Å². The summed E-state index contributed by atoms with van der Waals surface area (Å²) >= 11 is 0. The maximum absolute atomic E-state index is 12.7. The number of alkyl halides is 3. The number of carbonyl (C=O) groups is 1. The van der Waals surface area contributed by atoms with Crippen molar-refractivity contribution in [3.8, 4) is 6.07 Å². The Labute approximate surface area is 95.1 Å². The SMILES string of the molecule is CC(=O)NC(c1cc(C#N)ccn1)C(F)(F)F. The first-order chi connectivity index (χ1) is 7.84. The molecule has 1 aromatic rings. The van der Waals surface area contributed by atoms with Crippen LogP contribution >= 0.6 is 0 Å². The fourth-order valence-electron chi connectivity index (χ4n) is 1.20. The van der Waals surface area contributed by atoms with E-state index >= 15 is 0 Å². The van der Waals surface area contributed by atoms with Crippen LogP contribution in [0.1, 0.15) is 24.2 Å². The number of rotatable bonds is 2. The van der Waals surface area contributed by atoms with E-state index in [1.165, 1.54) is 6.07 Å². The molecule has 0 aliphatic carbocycles. The van der Waals surface area contributed by atoms with E-state index in [-0.39, 0.29) is 5.56 Å². The second-order valence-corrected chi connectivity index (χ2v) is 3.26. The van der Waals surface area contributed by atoms with E-state index in [1.54, 1.807) is 11.4 Å². The third-order valence-corrected chi connectivity index (χ3v) is 1.88. The van der Waals surface area contributed by atoms with Crippen molar-refractivity contribution in [2.45, 2.75) is 19.1 Å². The molecule has 1 aromatic heterocycles. The first-order valence-electron chi connectivity index (χ1n) is 4.54. The second kappa shape index (κ2) is 4.82. The molecule has 1 unspecified atom stereocenters. The Balaban J connectivity index is 3.13. The molecule has 0 spiro atoms. The van der Waals surface area contributed by atoms with Gasteiger partial charge in [-0.25, -0.2) is 0 Å². The molecule has 0 bridgehead atoms. The number of carbonyl (C=O) groups excluding carboxylic acids is 1. The average Bonchev–Trinajstić information content (AvgIpc) is 2.24. The first-order valence-corrected chi connectivity index (χ1v) is 4.54. The van der Waals surface area contributed by atoms with E-state index in [4.69, 9.17) is 5.26 Å². The first kappa shape index (κ1) is 13.0. The Kier molecular flexibility index (Phi) is 3.68. The zero-order valence-corrected chi connectivity index (χ0v) is 8.75. The molecule has 0 saturated carbocycles. The van der Waals surface area contributed by atoms with Crippen molar-refractivity contribution in [3.05, 3.63) is 29.6 Å². The number of nitrogens with one attached hydrogen (secondary N) is 1. The van der Waals surface area contributed by atoms with E-state index in [1.807, 2.05) is 0 Å². The number of amides is 1. The van der Waals surface area contributed by atoms with E-state index in [9.17, 15) is 18.0 Å². The van der Waals surface area contributed by atoms with Crippen molar-refractivity contribution < 1.29 is 18.0 Å². The summed E-state index contributed by atoms with van der Waals surface area (Å²) < 4.78 is 38.0. The number of aromatic nitrogens is 1. The van der Waals surface area contributed by atoms with Crippen molar-refractivity contribution in [2.75, 3.05) is 0 Å². The lowest BCUT2D eigenvalue weighted by molar-refractivity contribution is -0.163. The van der Waals surface area contributed by atoms with E-state index in [0.717, 1.165) is 19.2 Å². The summed E-state index contributed by atoms with van der Waals surface area (Å²) in [6.45, 7) is 0.979. The summed E-state index contributed by atoms with van der Waals surface area (Å²) in [6.07, 6.45) is -3.57. The van der Waals surface area contributed by atoms with Gasteiger partial charge in [-0.05, 0) is 12.1 Å². The molecule has 1 amide bonds.